The molecule has 20 heavy (non-hydrogen) atoms. The van der Waals surface area contributed by atoms with Gasteiger partial charge in [0.15, 0.2) is 0 Å². The fraction of sp³-hybridized carbons (Fsp3) is 0.412. The van der Waals surface area contributed by atoms with Gasteiger partial charge in [0, 0.05) is 18.7 Å². The number of aryl methyl sites for hydroxylation is 1. The molecule has 0 fully saturated rings. The fourth-order valence-corrected chi connectivity index (χ4v) is 2.32. The van der Waals surface area contributed by atoms with Gasteiger partial charge in [-0.05, 0) is 32.1 Å². The molecule has 1 N–H and O–H groups in total. The summed E-state index contributed by atoms with van der Waals surface area (Å²) in [4.78, 5) is 2.27. The second-order valence-corrected chi connectivity index (χ2v) is 5.36. The lowest BCUT2D eigenvalue weighted by Gasteiger charge is -2.15. The SMILES string of the molecule is CCNCc1coc(CN(C)Cc2cccc(C)c2)c1. The molecule has 0 amide bonds. The van der Waals surface area contributed by atoms with Crippen LogP contribution in [0.2, 0.25) is 0 Å². The maximum absolute atomic E-state index is 5.61. The summed E-state index contributed by atoms with van der Waals surface area (Å²) < 4.78 is 5.61. The fourth-order valence-electron chi connectivity index (χ4n) is 2.32. The molecule has 108 valence electrons. The highest BCUT2D eigenvalue weighted by atomic mass is 16.3. The second-order valence-electron chi connectivity index (χ2n) is 5.36. The molecule has 0 saturated heterocycles. The molecule has 0 atom stereocenters. The summed E-state index contributed by atoms with van der Waals surface area (Å²) in [5, 5.41) is 3.30. The maximum atomic E-state index is 5.61. The first-order valence-corrected chi connectivity index (χ1v) is 7.18. The monoisotopic (exact) mass is 272 g/mol. The Labute approximate surface area is 121 Å². The molecule has 1 aromatic carbocycles. The maximum Gasteiger partial charge on any atom is 0.118 e. The Morgan fingerprint density at radius 3 is 2.75 bits per heavy atom. The van der Waals surface area contributed by atoms with Crippen molar-refractivity contribution in [3.63, 3.8) is 0 Å². The van der Waals surface area contributed by atoms with Crippen LogP contribution in [0.1, 0.15) is 29.4 Å². The molecular weight excluding hydrogens is 248 g/mol. The molecule has 2 aromatic rings. The third-order valence-electron chi connectivity index (χ3n) is 3.25. The number of nitrogens with zero attached hydrogens (tertiary/aromatic N) is 1. The number of benzene rings is 1. The van der Waals surface area contributed by atoms with Gasteiger partial charge in [0.05, 0.1) is 12.8 Å². The normalized spacial score (nSPS) is 11.2. The van der Waals surface area contributed by atoms with E-state index in [1.165, 1.54) is 16.7 Å². The minimum atomic E-state index is 0.833. The molecule has 0 aliphatic carbocycles. The Bertz CT molecular complexity index is 533. The van der Waals surface area contributed by atoms with Crippen LogP contribution in [-0.2, 0) is 19.6 Å². The lowest BCUT2D eigenvalue weighted by molar-refractivity contribution is 0.288. The van der Waals surface area contributed by atoms with E-state index in [0.717, 1.165) is 31.9 Å². The molecule has 3 heteroatoms. The smallest absolute Gasteiger partial charge is 0.118 e. The lowest BCUT2D eigenvalue weighted by Crippen LogP contribution is -2.17. The molecule has 1 aromatic heterocycles. The molecule has 0 unspecified atom stereocenters. The predicted molar refractivity (Wildman–Crippen MR) is 82.4 cm³/mol. The van der Waals surface area contributed by atoms with Crippen molar-refractivity contribution in [3.05, 3.63) is 59.0 Å². The topological polar surface area (TPSA) is 28.4 Å². The van der Waals surface area contributed by atoms with E-state index in [1.807, 2.05) is 6.26 Å². The number of hydrogen-bond donors (Lipinski definition) is 1. The van der Waals surface area contributed by atoms with E-state index in [4.69, 9.17) is 4.42 Å². The van der Waals surface area contributed by atoms with Gasteiger partial charge in [-0.15, -0.1) is 0 Å². The van der Waals surface area contributed by atoms with Crippen LogP contribution in [0.4, 0.5) is 0 Å². The largest absolute Gasteiger partial charge is 0.468 e. The Balaban J connectivity index is 1.87. The van der Waals surface area contributed by atoms with Crippen molar-refractivity contribution in [2.45, 2.75) is 33.5 Å². The summed E-state index contributed by atoms with van der Waals surface area (Å²) in [6, 6.07) is 10.8. The quantitative estimate of drug-likeness (QED) is 0.838. The van der Waals surface area contributed by atoms with Gasteiger partial charge in [0.25, 0.3) is 0 Å². The van der Waals surface area contributed by atoms with E-state index in [2.05, 4.69) is 61.4 Å². The summed E-state index contributed by atoms with van der Waals surface area (Å²) in [5.74, 6) is 1.02. The molecule has 0 bridgehead atoms. The summed E-state index contributed by atoms with van der Waals surface area (Å²) in [6.45, 7) is 7.86. The van der Waals surface area contributed by atoms with Crippen molar-refractivity contribution in [1.82, 2.24) is 10.2 Å². The van der Waals surface area contributed by atoms with Crippen LogP contribution in [0.15, 0.2) is 41.0 Å². The summed E-state index contributed by atoms with van der Waals surface area (Å²) >= 11 is 0. The van der Waals surface area contributed by atoms with E-state index in [-0.39, 0.29) is 0 Å². The summed E-state index contributed by atoms with van der Waals surface area (Å²) in [7, 11) is 2.12. The zero-order valence-electron chi connectivity index (χ0n) is 12.6. The molecular formula is C17H24N2O. The van der Waals surface area contributed by atoms with Gasteiger partial charge in [0.1, 0.15) is 5.76 Å². The minimum absolute atomic E-state index is 0.833. The lowest BCUT2D eigenvalue weighted by atomic mass is 10.1. The standard InChI is InChI=1S/C17H24N2O/c1-4-18-10-16-9-17(20-13-16)12-19(3)11-15-7-5-6-14(2)8-15/h5-9,13,18H,4,10-12H2,1-3H3. The molecule has 0 aliphatic rings. The van der Waals surface area contributed by atoms with Crippen molar-refractivity contribution in [2.24, 2.45) is 0 Å². The van der Waals surface area contributed by atoms with E-state index in [0.29, 0.717) is 0 Å². The first-order chi connectivity index (χ1) is 9.67. The zero-order valence-corrected chi connectivity index (χ0v) is 12.6. The van der Waals surface area contributed by atoms with Crippen LogP contribution in [0.3, 0.4) is 0 Å². The molecule has 1 heterocycles. The Kier molecular flexibility index (Phi) is 5.39. The number of furan rings is 1. The molecule has 3 nitrogen and oxygen atoms in total. The van der Waals surface area contributed by atoms with Gasteiger partial charge in [-0.25, -0.2) is 0 Å². The first kappa shape index (κ1) is 14.8. The second kappa shape index (κ2) is 7.27. The highest BCUT2D eigenvalue weighted by molar-refractivity contribution is 5.22. The van der Waals surface area contributed by atoms with Gasteiger partial charge < -0.3 is 9.73 Å². The van der Waals surface area contributed by atoms with Crippen molar-refractivity contribution >= 4 is 0 Å². The van der Waals surface area contributed by atoms with E-state index in [1.54, 1.807) is 0 Å². The highest BCUT2D eigenvalue weighted by Crippen LogP contribution is 2.12. The average Bonchev–Trinajstić information content (AvgIpc) is 2.83. The summed E-state index contributed by atoms with van der Waals surface area (Å²) in [6.07, 6.45) is 1.85. The van der Waals surface area contributed by atoms with E-state index in [9.17, 15) is 0 Å². The van der Waals surface area contributed by atoms with Crippen LogP contribution < -0.4 is 5.32 Å². The third-order valence-corrected chi connectivity index (χ3v) is 3.25. The molecule has 2 rings (SSSR count). The van der Waals surface area contributed by atoms with Gasteiger partial charge in [-0.3, -0.25) is 4.90 Å². The molecule has 0 saturated carbocycles. The van der Waals surface area contributed by atoms with Crippen molar-refractivity contribution in [3.8, 4) is 0 Å². The third kappa shape index (κ3) is 4.51. The molecule has 0 spiro atoms. The molecule has 0 radical (unpaired) electrons. The molecule has 0 aliphatic heterocycles. The van der Waals surface area contributed by atoms with Gasteiger partial charge in [-0.2, -0.15) is 0 Å². The van der Waals surface area contributed by atoms with Gasteiger partial charge in [-0.1, -0.05) is 36.8 Å². The van der Waals surface area contributed by atoms with Crippen LogP contribution in [0, 0.1) is 6.92 Å². The Hall–Kier alpha value is -1.58. The van der Waals surface area contributed by atoms with Crippen LogP contribution in [-0.4, -0.2) is 18.5 Å². The zero-order chi connectivity index (χ0) is 14.4. The van der Waals surface area contributed by atoms with Crippen molar-refractivity contribution in [1.29, 1.82) is 0 Å². The Morgan fingerprint density at radius 2 is 2.00 bits per heavy atom. The van der Waals surface area contributed by atoms with E-state index < -0.39 is 0 Å². The van der Waals surface area contributed by atoms with Crippen LogP contribution in [0.25, 0.3) is 0 Å². The number of nitrogens with one attached hydrogen (secondary N) is 1. The average molecular weight is 272 g/mol. The number of rotatable bonds is 7. The van der Waals surface area contributed by atoms with Crippen LogP contribution in [0.5, 0.6) is 0 Å². The van der Waals surface area contributed by atoms with Crippen molar-refractivity contribution in [2.75, 3.05) is 13.6 Å². The van der Waals surface area contributed by atoms with E-state index >= 15 is 0 Å². The number of hydrogen-bond acceptors (Lipinski definition) is 3. The van der Waals surface area contributed by atoms with Gasteiger partial charge in [0.2, 0.25) is 0 Å². The predicted octanol–water partition coefficient (Wildman–Crippen LogP) is 3.33. The van der Waals surface area contributed by atoms with Crippen molar-refractivity contribution < 1.29 is 4.42 Å². The minimum Gasteiger partial charge on any atom is -0.468 e. The Morgan fingerprint density at radius 1 is 1.15 bits per heavy atom. The highest BCUT2D eigenvalue weighted by Gasteiger charge is 2.06. The first-order valence-electron chi connectivity index (χ1n) is 7.18. The van der Waals surface area contributed by atoms with Crippen LogP contribution >= 0.6 is 0 Å². The van der Waals surface area contributed by atoms with Gasteiger partial charge >= 0.3 is 0 Å². The summed E-state index contributed by atoms with van der Waals surface area (Å²) in [5.41, 5.74) is 3.86.